The Morgan fingerprint density at radius 2 is 1.11 bits per heavy atom. The lowest BCUT2D eigenvalue weighted by Crippen LogP contribution is -2.69. The van der Waals surface area contributed by atoms with E-state index < -0.39 is 148 Å². The predicted octanol–water partition coefficient (Wildman–Crippen LogP) is -8.58. The van der Waals surface area contributed by atoms with E-state index in [1.165, 1.54) is 6.92 Å². The molecule has 4 rings (SSSR count). The van der Waals surface area contributed by atoms with Crippen molar-refractivity contribution in [2.45, 2.75) is 137 Å². The molecule has 4 saturated heterocycles. The molecule has 0 aromatic rings. The molecule has 20 atom stereocenters. The number of aliphatic hydroxyl groups excluding tert-OH is 12. The van der Waals surface area contributed by atoms with Crippen LogP contribution in [0.1, 0.15) is 13.8 Å². The Morgan fingerprint density at radius 1 is 0.553 bits per heavy atom. The first-order valence-electron chi connectivity index (χ1n) is 15.0. The molecule has 4 aliphatic heterocycles. The SMILES string of the molecule is CC(=O)N[C@H]1[C@@H](O[C@H]2[C@@H](O)[C@@H](CO)O[C@@H](O[C@H]3[C@H](O)[C@@H](O)[C@@H](O)O[C@@H]3CO)[C@@H]2O[C@@H]2O[C@@H](C)[C@@H](O)[C@@H](O)[C@@H]2O)O[C@H](CO)[C@H](O)[C@@H]1O. The first-order valence-corrected chi connectivity index (χ1v) is 15.0. The van der Waals surface area contributed by atoms with Crippen LogP contribution in [0.3, 0.4) is 0 Å². The second-order valence-corrected chi connectivity index (χ2v) is 11.9. The van der Waals surface area contributed by atoms with E-state index in [-0.39, 0.29) is 0 Å². The number of aliphatic hydroxyl groups is 12. The maximum absolute atomic E-state index is 12.0. The lowest BCUT2D eigenvalue weighted by Gasteiger charge is -2.50. The van der Waals surface area contributed by atoms with Crippen molar-refractivity contribution >= 4 is 5.91 Å². The molecular formula is C26H45NO20. The van der Waals surface area contributed by atoms with Gasteiger partial charge in [0.05, 0.1) is 25.9 Å². The molecule has 0 unspecified atom stereocenters. The van der Waals surface area contributed by atoms with Gasteiger partial charge in [0.25, 0.3) is 0 Å². The van der Waals surface area contributed by atoms with Crippen LogP contribution in [0.25, 0.3) is 0 Å². The predicted molar refractivity (Wildman–Crippen MR) is 144 cm³/mol. The van der Waals surface area contributed by atoms with Crippen molar-refractivity contribution in [2.24, 2.45) is 0 Å². The molecule has 0 aromatic heterocycles. The van der Waals surface area contributed by atoms with Crippen molar-refractivity contribution in [3.8, 4) is 0 Å². The third kappa shape index (κ3) is 8.04. The maximum atomic E-state index is 12.0. The summed E-state index contributed by atoms with van der Waals surface area (Å²) in [6.45, 7) is -0.177. The minimum atomic E-state index is -1.95. The Morgan fingerprint density at radius 3 is 1.70 bits per heavy atom. The highest BCUT2D eigenvalue weighted by atomic mass is 16.8. The van der Waals surface area contributed by atoms with Crippen LogP contribution in [0.15, 0.2) is 0 Å². The van der Waals surface area contributed by atoms with Gasteiger partial charge in [-0.25, -0.2) is 0 Å². The smallest absolute Gasteiger partial charge is 0.217 e. The van der Waals surface area contributed by atoms with Gasteiger partial charge in [-0.2, -0.15) is 0 Å². The second kappa shape index (κ2) is 16.2. The fourth-order valence-electron chi connectivity index (χ4n) is 5.86. The minimum Gasteiger partial charge on any atom is -0.394 e. The summed E-state index contributed by atoms with van der Waals surface area (Å²) in [5.74, 6) is -0.710. The third-order valence-electron chi connectivity index (χ3n) is 8.57. The molecule has 0 bridgehead atoms. The van der Waals surface area contributed by atoms with Crippen LogP contribution in [-0.4, -0.2) is 210 Å². The molecule has 47 heavy (non-hydrogen) atoms. The molecule has 1 amide bonds. The Hall–Kier alpha value is -1.29. The summed E-state index contributed by atoms with van der Waals surface area (Å²) in [5, 5.41) is 127. The molecule has 4 heterocycles. The van der Waals surface area contributed by atoms with Crippen LogP contribution in [-0.2, 0) is 38.0 Å². The lowest BCUT2D eigenvalue weighted by molar-refractivity contribution is -0.400. The van der Waals surface area contributed by atoms with E-state index in [0.29, 0.717) is 0 Å². The summed E-state index contributed by atoms with van der Waals surface area (Å²) >= 11 is 0. The lowest BCUT2D eigenvalue weighted by atomic mass is 9.94. The van der Waals surface area contributed by atoms with E-state index in [1.807, 2.05) is 0 Å². The number of carbonyl (C=O) groups excluding carboxylic acids is 1. The average molecular weight is 692 g/mol. The molecular weight excluding hydrogens is 646 g/mol. The van der Waals surface area contributed by atoms with Crippen LogP contribution < -0.4 is 5.32 Å². The zero-order valence-electron chi connectivity index (χ0n) is 25.3. The Bertz CT molecular complexity index is 1010. The fraction of sp³-hybridized carbons (Fsp3) is 0.962. The summed E-state index contributed by atoms with van der Waals surface area (Å²) in [6.07, 6.45) is -33.0. The molecule has 0 aliphatic carbocycles. The van der Waals surface area contributed by atoms with Gasteiger partial charge in [0.2, 0.25) is 5.91 Å². The molecule has 274 valence electrons. The average Bonchev–Trinajstić information content (AvgIpc) is 3.04. The Kier molecular flexibility index (Phi) is 13.2. The number of hydrogen-bond acceptors (Lipinski definition) is 20. The van der Waals surface area contributed by atoms with E-state index in [9.17, 15) is 66.1 Å². The Balaban J connectivity index is 1.73. The van der Waals surface area contributed by atoms with Crippen molar-refractivity contribution in [1.82, 2.24) is 5.32 Å². The Labute approximate surface area is 267 Å². The van der Waals surface area contributed by atoms with Crippen LogP contribution >= 0.6 is 0 Å². The molecule has 4 fully saturated rings. The number of amides is 1. The molecule has 21 nitrogen and oxygen atoms in total. The maximum Gasteiger partial charge on any atom is 0.217 e. The summed E-state index contributed by atoms with van der Waals surface area (Å²) in [6, 6.07) is -1.54. The van der Waals surface area contributed by atoms with Gasteiger partial charge in [0.15, 0.2) is 25.2 Å². The third-order valence-corrected chi connectivity index (χ3v) is 8.57. The summed E-state index contributed by atoms with van der Waals surface area (Å²) in [5.41, 5.74) is 0. The molecule has 4 aliphatic rings. The number of carbonyl (C=O) groups is 1. The fourth-order valence-corrected chi connectivity index (χ4v) is 5.86. The molecule has 21 heteroatoms. The first kappa shape index (κ1) is 38.5. The van der Waals surface area contributed by atoms with Gasteiger partial charge in [-0.1, -0.05) is 0 Å². The molecule has 0 aromatic carbocycles. The van der Waals surface area contributed by atoms with Crippen LogP contribution in [0, 0.1) is 0 Å². The normalized spacial score (nSPS) is 51.0. The molecule has 0 saturated carbocycles. The number of rotatable bonds is 10. The van der Waals surface area contributed by atoms with Gasteiger partial charge in [-0.05, 0) is 6.92 Å². The quantitative estimate of drug-likeness (QED) is 0.101. The number of ether oxygens (including phenoxy) is 7. The summed E-state index contributed by atoms with van der Waals surface area (Å²) in [4.78, 5) is 12.0. The van der Waals surface area contributed by atoms with Gasteiger partial charge in [0, 0.05) is 6.92 Å². The van der Waals surface area contributed by atoms with Gasteiger partial charge in [0.1, 0.15) is 91.5 Å². The first-order chi connectivity index (χ1) is 22.1. The van der Waals surface area contributed by atoms with Crippen molar-refractivity contribution in [3.05, 3.63) is 0 Å². The highest BCUT2D eigenvalue weighted by Crippen LogP contribution is 2.35. The number of hydrogen-bond donors (Lipinski definition) is 13. The van der Waals surface area contributed by atoms with Crippen molar-refractivity contribution in [3.63, 3.8) is 0 Å². The van der Waals surface area contributed by atoms with Crippen molar-refractivity contribution < 1.29 is 99.2 Å². The van der Waals surface area contributed by atoms with E-state index >= 15 is 0 Å². The topological polar surface area (TPSA) is 336 Å². The largest absolute Gasteiger partial charge is 0.394 e. The van der Waals surface area contributed by atoms with Gasteiger partial charge < -0.3 is 99.8 Å². The van der Waals surface area contributed by atoms with Crippen LogP contribution in [0.5, 0.6) is 0 Å². The standard InChI is InChI=1S/C26H45NO20/c1-6-12(32)16(36)19(39)25(41-6)47-22-21(46-24-11(27-7(2)31)15(35)13(33)8(3-28)43-24)14(34)9(4-29)44-26(22)45-20-10(5-30)42-23(40)18(38)17(20)37/h6,8-26,28-30,32-40H,3-5H2,1-2H3,(H,27,31)/t6-,8+,9+,10+,11+,12+,13-,14-,15+,16+,17+,18+,19-,20+,21-,22+,23-,24+,25-,26-/m0/s1. The van der Waals surface area contributed by atoms with Gasteiger partial charge >= 0.3 is 0 Å². The zero-order valence-corrected chi connectivity index (χ0v) is 25.3. The van der Waals surface area contributed by atoms with E-state index in [2.05, 4.69) is 5.32 Å². The zero-order chi connectivity index (χ0) is 34.9. The highest BCUT2D eigenvalue weighted by Gasteiger charge is 2.56. The molecule has 0 radical (unpaired) electrons. The summed E-state index contributed by atoms with van der Waals surface area (Å²) in [7, 11) is 0. The second-order valence-electron chi connectivity index (χ2n) is 11.9. The van der Waals surface area contributed by atoms with Crippen molar-refractivity contribution in [1.29, 1.82) is 0 Å². The highest BCUT2D eigenvalue weighted by molar-refractivity contribution is 5.73. The number of nitrogens with one attached hydrogen (secondary N) is 1. The van der Waals surface area contributed by atoms with Crippen LogP contribution in [0.4, 0.5) is 0 Å². The summed E-state index contributed by atoms with van der Waals surface area (Å²) < 4.78 is 39.7. The minimum absolute atomic E-state index is 0.710. The van der Waals surface area contributed by atoms with E-state index in [4.69, 9.17) is 33.2 Å². The van der Waals surface area contributed by atoms with Gasteiger partial charge in [-0.3, -0.25) is 4.79 Å². The monoisotopic (exact) mass is 691 g/mol. The molecule has 13 N–H and O–H groups in total. The van der Waals surface area contributed by atoms with Crippen LogP contribution in [0.2, 0.25) is 0 Å². The van der Waals surface area contributed by atoms with Gasteiger partial charge in [-0.15, -0.1) is 0 Å². The van der Waals surface area contributed by atoms with E-state index in [0.717, 1.165) is 6.92 Å². The van der Waals surface area contributed by atoms with E-state index in [1.54, 1.807) is 0 Å². The molecule has 0 spiro atoms. The van der Waals surface area contributed by atoms with Crippen molar-refractivity contribution in [2.75, 3.05) is 19.8 Å².